The second kappa shape index (κ2) is 47.2. The third kappa shape index (κ3) is 63.8. The summed E-state index contributed by atoms with van der Waals surface area (Å²) in [5, 5.41) is 62.9. The average molecular weight is 1430 g/mol. The highest BCUT2D eigenvalue weighted by Gasteiger charge is 2.39. The van der Waals surface area contributed by atoms with Gasteiger partial charge in [0.15, 0.2) is 33.3 Å². The first kappa shape index (κ1) is 97.5. The molecule has 0 saturated carbocycles. The van der Waals surface area contributed by atoms with Crippen molar-refractivity contribution >= 4 is 65.6 Å². The maximum absolute atomic E-state index is 9.43. The van der Waals surface area contributed by atoms with Gasteiger partial charge >= 0.3 is 0 Å². The van der Waals surface area contributed by atoms with Gasteiger partial charge in [-0.2, -0.15) is 0 Å². The molecule has 0 rings (SSSR count). The first-order chi connectivity index (χ1) is 40.7. The summed E-state index contributed by atoms with van der Waals surface area (Å²) in [7, 11) is -11.4. The first-order valence-electron chi connectivity index (χ1n) is 34.7. The van der Waals surface area contributed by atoms with Gasteiger partial charge in [0, 0.05) is 85.1 Å². The zero-order valence-electron chi connectivity index (χ0n) is 64.5. The SMILES string of the molecule is CC(C)(C[Si](C)(C)C)O[Si](C)(C)CCCOCC(O)CO.CC(C)(C[Si](C)(C)C)O[Si](C)(C)CCCOCCO.CC(C)(C[Si](C)(C)CCCCOCCO)O[Si](C)(C)CCCOCCO.CCC(CO)(CO)COCCC[Si](C)(C)OC(C)(C)C[Si](C)(C)C. The Balaban J connectivity index is -0.000000551. The van der Waals surface area contributed by atoms with E-state index in [1.165, 1.54) is 36.6 Å². The van der Waals surface area contributed by atoms with E-state index in [0.29, 0.717) is 52.7 Å². The maximum Gasteiger partial charge on any atom is 0.187 e. The number of ether oxygens (including phenoxy) is 5. The van der Waals surface area contributed by atoms with Crippen LogP contribution in [0.3, 0.4) is 0 Å². The summed E-state index contributed by atoms with van der Waals surface area (Å²) in [6.45, 7) is 70.0. The van der Waals surface area contributed by atoms with Crippen LogP contribution in [0.2, 0.25) is 179 Å². The lowest BCUT2D eigenvalue weighted by Crippen LogP contribution is -2.45. The summed E-state index contributed by atoms with van der Waals surface area (Å²) < 4.78 is 53.3. The van der Waals surface area contributed by atoms with Gasteiger partial charge in [-0.15, -0.1) is 0 Å². The lowest BCUT2D eigenvalue weighted by atomic mass is 9.88. The largest absolute Gasteiger partial charge is 0.413 e. The molecule has 0 saturated heterocycles. The predicted molar refractivity (Wildman–Crippen MR) is 404 cm³/mol. The molecular formula is C66H156O16Si8. The Morgan fingerprint density at radius 3 is 0.878 bits per heavy atom. The summed E-state index contributed by atoms with van der Waals surface area (Å²) in [5.41, 5.74) is -0.625. The highest BCUT2D eigenvalue weighted by Crippen LogP contribution is 2.35. The molecule has 1 atom stereocenters. The number of aliphatic hydroxyl groups excluding tert-OH is 7. The van der Waals surface area contributed by atoms with Gasteiger partial charge in [0.25, 0.3) is 0 Å². The fourth-order valence-corrected chi connectivity index (χ4v) is 36.0. The molecule has 0 aromatic heterocycles. The number of hydrogen-bond donors (Lipinski definition) is 7. The van der Waals surface area contributed by atoms with Gasteiger partial charge < -0.3 is 77.1 Å². The molecule has 0 bridgehead atoms. The van der Waals surface area contributed by atoms with Crippen LogP contribution in [0.15, 0.2) is 0 Å². The molecule has 0 heterocycles. The molecule has 0 amide bonds. The lowest BCUT2D eigenvalue weighted by molar-refractivity contribution is -0.0299. The van der Waals surface area contributed by atoms with Crippen LogP contribution in [-0.2, 0) is 41.4 Å². The lowest BCUT2D eigenvalue weighted by Gasteiger charge is -2.39. The monoisotopic (exact) mass is 1430 g/mol. The van der Waals surface area contributed by atoms with Crippen molar-refractivity contribution in [2.75, 3.05) is 106 Å². The number of unbranched alkanes of at least 4 members (excludes halogenated alkanes) is 1. The Morgan fingerprint density at radius 2 is 0.611 bits per heavy atom. The van der Waals surface area contributed by atoms with Crippen molar-refractivity contribution in [3.05, 3.63) is 0 Å². The Hall–Kier alpha value is 1.10. The van der Waals surface area contributed by atoms with Gasteiger partial charge in [-0.3, -0.25) is 0 Å². The van der Waals surface area contributed by atoms with Crippen molar-refractivity contribution < 1.29 is 77.1 Å². The van der Waals surface area contributed by atoms with E-state index in [1.807, 2.05) is 6.92 Å². The van der Waals surface area contributed by atoms with Crippen molar-refractivity contribution in [3.63, 3.8) is 0 Å². The molecule has 24 heteroatoms. The molecule has 548 valence electrons. The van der Waals surface area contributed by atoms with Crippen LogP contribution in [0, 0.1) is 5.41 Å². The third-order valence-corrected chi connectivity index (χ3v) is 34.6. The highest BCUT2D eigenvalue weighted by atomic mass is 28.4. The van der Waals surface area contributed by atoms with E-state index >= 15 is 0 Å². The second-order valence-electron chi connectivity index (χ2n) is 35.1. The smallest absolute Gasteiger partial charge is 0.187 e. The topological polar surface area (TPSA) is 225 Å². The fourth-order valence-electron chi connectivity index (χ4n) is 13.1. The van der Waals surface area contributed by atoms with Crippen molar-refractivity contribution in [1.29, 1.82) is 0 Å². The van der Waals surface area contributed by atoms with Gasteiger partial charge in [-0.1, -0.05) is 91.4 Å². The molecule has 0 spiro atoms. The third-order valence-electron chi connectivity index (χ3n) is 14.7. The van der Waals surface area contributed by atoms with Gasteiger partial charge in [0.1, 0.15) is 6.10 Å². The minimum atomic E-state index is -1.72. The van der Waals surface area contributed by atoms with E-state index < -0.39 is 77.1 Å². The predicted octanol–water partition coefficient (Wildman–Crippen LogP) is 14.8. The molecule has 0 aliphatic carbocycles. The Kier molecular flexibility index (Phi) is 51.1. The second-order valence-corrected chi connectivity index (χ2v) is 73.6. The Labute approximate surface area is 565 Å². The zero-order valence-corrected chi connectivity index (χ0v) is 72.5. The number of hydrogen-bond acceptors (Lipinski definition) is 16. The van der Waals surface area contributed by atoms with Gasteiger partial charge in [0.2, 0.25) is 0 Å². The van der Waals surface area contributed by atoms with E-state index in [4.69, 9.17) is 61.8 Å². The van der Waals surface area contributed by atoms with Crippen molar-refractivity contribution in [3.8, 4) is 0 Å². The average Bonchev–Trinajstić information content (AvgIpc) is 1.01. The number of aliphatic hydroxyl groups is 7. The van der Waals surface area contributed by atoms with E-state index in [-0.39, 0.29) is 68.7 Å². The Morgan fingerprint density at radius 1 is 0.333 bits per heavy atom. The summed E-state index contributed by atoms with van der Waals surface area (Å²) in [4.78, 5) is 0. The van der Waals surface area contributed by atoms with Crippen LogP contribution in [0.4, 0.5) is 0 Å². The Bertz CT molecular complexity index is 1710. The van der Waals surface area contributed by atoms with Crippen molar-refractivity contribution in [1.82, 2.24) is 0 Å². The summed E-state index contributed by atoms with van der Waals surface area (Å²) in [6.07, 6.45) is 6.18. The van der Waals surface area contributed by atoms with E-state index in [1.54, 1.807) is 0 Å². The van der Waals surface area contributed by atoms with Crippen LogP contribution in [-0.4, -0.2) is 236 Å². The van der Waals surface area contributed by atoms with Crippen LogP contribution >= 0.6 is 0 Å². The molecule has 7 N–H and O–H groups in total. The summed E-state index contributed by atoms with van der Waals surface area (Å²) in [5.74, 6) is 0. The van der Waals surface area contributed by atoms with Crippen LogP contribution in [0.25, 0.3) is 0 Å². The van der Waals surface area contributed by atoms with E-state index in [0.717, 1.165) is 69.5 Å². The zero-order chi connectivity index (χ0) is 71.1. The standard InChI is InChI=1S/C19H44O5Si2.C18H42O4Si2.C15H36O4Si2.C14H34O3Si2/c1-19(2,24-26(5,6)17-9-13-23-15-11-21)18-25(3,4)16-8-7-12-22-14-10-20;1-9-18(13-19,14-20)15-21-11-10-12-24(7,8)22-17(2,3)16-23(4,5)6;1-15(2,13-20(3,4)5)19-21(6,7)10-8-9-18-12-14(17)11-16;1-14(2,13-18(3,4)5)17-19(6,7)12-8-10-16-11-9-15/h20-21H,7-18H2,1-6H3;19-20H,9-16H2,1-8H3;14,16-17H,8-13H2,1-7H3;15H,8-13H2,1-7H3. The normalized spacial score (nSPS) is 14.2. The molecule has 0 radical (unpaired) electrons. The van der Waals surface area contributed by atoms with Crippen molar-refractivity contribution in [2.45, 2.75) is 315 Å². The van der Waals surface area contributed by atoms with Gasteiger partial charge in [-0.05, 0) is 195 Å². The molecule has 0 aromatic rings. The molecule has 0 aromatic carbocycles. The molecule has 0 fully saturated rings. The highest BCUT2D eigenvalue weighted by molar-refractivity contribution is 6.78. The minimum absolute atomic E-state index is 0.00610. The molecular weight excluding hydrogens is 1270 g/mol. The molecule has 0 aliphatic rings. The van der Waals surface area contributed by atoms with E-state index in [9.17, 15) is 15.3 Å². The van der Waals surface area contributed by atoms with Crippen LogP contribution in [0.1, 0.15) is 107 Å². The minimum Gasteiger partial charge on any atom is -0.413 e. The fraction of sp³-hybridized carbons (Fsp3) is 1.00. The van der Waals surface area contributed by atoms with Gasteiger partial charge in [0.05, 0.1) is 80.7 Å². The van der Waals surface area contributed by atoms with Gasteiger partial charge in [-0.25, -0.2) is 0 Å². The van der Waals surface area contributed by atoms with Crippen molar-refractivity contribution in [2.24, 2.45) is 5.41 Å². The molecule has 1 unspecified atom stereocenters. The van der Waals surface area contributed by atoms with E-state index in [2.05, 4.69) is 180 Å². The molecule has 90 heavy (non-hydrogen) atoms. The quantitative estimate of drug-likeness (QED) is 0.0222. The maximum atomic E-state index is 9.43. The van der Waals surface area contributed by atoms with Crippen LogP contribution in [0.5, 0.6) is 0 Å². The molecule has 16 nitrogen and oxygen atoms in total. The summed E-state index contributed by atoms with van der Waals surface area (Å²) in [6, 6.07) is 10.4. The summed E-state index contributed by atoms with van der Waals surface area (Å²) >= 11 is 0. The number of rotatable bonds is 51. The van der Waals surface area contributed by atoms with Crippen LogP contribution < -0.4 is 0 Å². The molecule has 0 aliphatic heterocycles. The first-order valence-corrected chi connectivity index (χ1v) is 61.7.